The third kappa shape index (κ3) is 1.74. The third-order valence-electron chi connectivity index (χ3n) is 2.31. The van der Waals surface area contributed by atoms with Crippen molar-refractivity contribution in [3.63, 3.8) is 0 Å². The molecule has 2 heterocycles. The Bertz CT molecular complexity index is 621. The molecule has 0 unspecified atom stereocenters. The van der Waals surface area contributed by atoms with Crippen LogP contribution < -0.4 is 17.0 Å². The highest BCUT2D eigenvalue weighted by Gasteiger charge is 2.05. The van der Waals surface area contributed by atoms with E-state index in [9.17, 15) is 9.59 Å². The molecule has 0 aromatic carbocycles. The molecule has 0 bridgehead atoms. The van der Waals surface area contributed by atoms with E-state index in [0.29, 0.717) is 0 Å². The van der Waals surface area contributed by atoms with E-state index < -0.39 is 11.2 Å². The Labute approximate surface area is 90.1 Å². The first kappa shape index (κ1) is 10.2. The lowest BCUT2D eigenvalue weighted by Gasteiger charge is -2.08. The first-order valence-corrected chi connectivity index (χ1v) is 4.64. The van der Waals surface area contributed by atoms with Gasteiger partial charge in [-0.2, -0.15) is 5.10 Å². The summed E-state index contributed by atoms with van der Waals surface area (Å²) in [5.74, 6) is 0.134. The van der Waals surface area contributed by atoms with Crippen LogP contribution in [-0.2, 0) is 13.6 Å². The molecule has 0 aliphatic heterocycles. The van der Waals surface area contributed by atoms with Gasteiger partial charge in [-0.15, -0.1) is 0 Å². The summed E-state index contributed by atoms with van der Waals surface area (Å²) in [5.41, 5.74) is 5.40. The maximum atomic E-state index is 11.5. The molecule has 7 nitrogen and oxygen atoms in total. The summed E-state index contributed by atoms with van der Waals surface area (Å²) in [4.78, 5) is 24.6. The number of rotatable bonds is 2. The van der Waals surface area contributed by atoms with E-state index in [4.69, 9.17) is 5.73 Å². The lowest BCUT2D eigenvalue weighted by atomic mass is 10.4. The average molecular weight is 221 g/mol. The lowest BCUT2D eigenvalue weighted by Crippen LogP contribution is -2.32. The predicted octanol–water partition coefficient (Wildman–Crippen LogP) is -1.10. The molecule has 0 aliphatic rings. The fourth-order valence-electron chi connectivity index (χ4n) is 1.42. The minimum Gasteiger partial charge on any atom is -0.385 e. The van der Waals surface area contributed by atoms with Crippen LogP contribution in [0.1, 0.15) is 5.69 Å². The van der Waals surface area contributed by atoms with Crippen LogP contribution in [0.3, 0.4) is 0 Å². The summed E-state index contributed by atoms with van der Waals surface area (Å²) in [5, 5.41) is 3.98. The molecule has 2 rings (SSSR count). The quantitative estimate of drug-likeness (QED) is 0.672. The van der Waals surface area contributed by atoms with Gasteiger partial charge in [0, 0.05) is 19.3 Å². The van der Waals surface area contributed by atoms with E-state index in [1.54, 1.807) is 24.0 Å². The number of nitrogens with one attached hydrogen (secondary N) is 1. The molecule has 0 radical (unpaired) electrons. The van der Waals surface area contributed by atoms with Crippen LogP contribution in [0.5, 0.6) is 0 Å². The summed E-state index contributed by atoms with van der Waals surface area (Å²) in [6.45, 7) is 0.276. The third-order valence-corrected chi connectivity index (χ3v) is 2.31. The smallest absolute Gasteiger partial charge is 0.330 e. The lowest BCUT2D eigenvalue weighted by molar-refractivity contribution is 0.646. The number of hydrogen-bond donors (Lipinski definition) is 2. The Hall–Kier alpha value is -2.31. The van der Waals surface area contributed by atoms with Crippen LogP contribution in [0, 0.1) is 0 Å². The van der Waals surface area contributed by atoms with Crippen LogP contribution >= 0.6 is 0 Å². The molecule has 0 aliphatic carbocycles. The van der Waals surface area contributed by atoms with Gasteiger partial charge >= 0.3 is 5.69 Å². The van der Waals surface area contributed by atoms with E-state index in [0.717, 1.165) is 5.69 Å². The SMILES string of the molecule is Cn1nccc1Cn1c(N)cc(=O)[nH]c1=O. The van der Waals surface area contributed by atoms with Crippen molar-refractivity contribution in [3.05, 3.63) is 44.9 Å². The average Bonchev–Trinajstić information content (AvgIpc) is 2.57. The number of nitrogens with zero attached hydrogens (tertiary/aromatic N) is 3. The molecule has 0 saturated heterocycles. The van der Waals surface area contributed by atoms with Crippen LogP contribution in [0.4, 0.5) is 5.82 Å². The second kappa shape index (κ2) is 3.69. The fourth-order valence-corrected chi connectivity index (χ4v) is 1.42. The highest BCUT2D eigenvalue weighted by molar-refractivity contribution is 5.27. The van der Waals surface area contributed by atoms with Gasteiger partial charge in [0.2, 0.25) is 0 Å². The summed E-state index contributed by atoms with van der Waals surface area (Å²) >= 11 is 0. The number of anilines is 1. The van der Waals surface area contributed by atoms with Crippen molar-refractivity contribution in [3.8, 4) is 0 Å². The Morgan fingerprint density at radius 1 is 1.50 bits per heavy atom. The maximum absolute atomic E-state index is 11.5. The molecule has 0 fully saturated rings. The first-order valence-electron chi connectivity index (χ1n) is 4.64. The van der Waals surface area contributed by atoms with E-state index in [-0.39, 0.29) is 12.4 Å². The standard InChI is InChI=1S/C9H11N5O2/c1-13-6(2-3-11-13)5-14-7(10)4-8(15)12-9(14)16/h2-4H,5,10H2,1H3,(H,12,15,16). The van der Waals surface area contributed by atoms with Crippen LogP contribution in [0.15, 0.2) is 27.9 Å². The summed E-state index contributed by atoms with van der Waals surface area (Å²) in [6.07, 6.45) is 1.63. The van der Waals surface area contributed by atoms with Gasteiger partial charge in [0.05, 0.1) is 12.2 Å². The van der Waals surface area contributed by atoms with E-state index in [1.165, 1.54) is 10.6 Å². The van der Waals surface area contributed by atoms with Gasteiger partial charge in [0.1, 0.15) is 5.82 Å². The molecule has 0 atom stereocenters. The maximum Gasteiger partial charge on any atom is 0.330 e. The van der Waals surface area contributed by atoms with Crippen molar-refractivity contribution in [2.75, 3.05) is 5.73 Å². The molecular weight excluding hydrogens is 210 g/mol. The number of H-pyrrole nitrogens is 1. The molecule has 0 amide bonds. The molecule has 2 aromatic heterocycles. The van der Waals surface area contributed by atoms with Gasteiger partial charge in [0.25, 0.3) is 5.56 Å². The van der Waals surface area contributed by atoms with E-state index >= 15 is 0 Å². The number of nitrogens with two attached hydrogens (primary N) is 1. The normalized spacial score (nSPS) is 10.6. The Morgan fingerprint density at radius 3 is 2.81 bits per heavy atom. The van der Waals surface area contributed by atoms with Gasteiger partial charge in [-0.05, 0) is 6.07 Å². The summed E-state index contributed by atoms with van der Waals surface area (Å²) < 4.78 is 2.91. The molecule has 2 aromatic rings. The van der Waals surface area contributed by atoms with Crippen molar-refractivity contribution in [1.82, 2.24) is 19.3 Å². The van der Waals surface area contributed by atoms with Crippen LogP contribution in [0.25, 0.3) is 0 Å². The molecule has 0 saturated carbocycles. The number of aromatic nitrogens is 4. The fraction of sp³-hybridized carbons (Fsp3) is 0.222. The molecule has 16 heavy (non-hydrogen) atoms. The Morgan fingerprint density at radius 2 is 2.25 bits per heavy atom. The van der Waals surface area contributed by atoms with Gasteiger partial charge in [-0.1, -0.05) is 0 Å². The van der Waals surface area contributed by atoms with Crippen LogP contribution in [0.2, 0.25) is 0 Å². The molecular formula is C9H11N5O2. The van der Waals surface area contributed by atoms with Gasteiger partial charge in [-0.3, -0.25) is 19.0 Å². The number of nitrogen functional groups attached to an aromatic ring is 1. The number of aryl methyl sites for hydroxylation is 1. The van der Waals surface area contributed by atoms with Crippen molar-refractivity contribution < 1.29 is 0 Å². The molecule has 3 N–H and O–H groups in total. The van der Waals surface area contributed by atoms with Gasteiger partial charge < -0.3 is 5.73 Å². The first-order chi connectivity index (χ1) is 7.58. The zero-order valence-electron chi connectivity index (χ0n) is 8.67. The van der Waals surface area contributed by atoms with E-state index in [2.05, 4.69) is 10.1 Å². The molecule has 84 valence electrons. The van der Waals surface area contributed by atoms with Gasteiger partial charge in [0.15, 0.2) is 0 Å². The largest absolute Gasteiger partial charge is 0.385 e. The second-order valence-electron chi connectivity index (χ2n) is 3.40. The minimum atomic E-state index is -0.522. The number of hydrogen-bond acceptors (Lipinski definition) is 4. The highest BCUT2D eigenvalue weighted by atomic mass is 16.2. The van der Waals surface area contributed by atoms with Crippen LogP contribution in [-0.4, -0.2) is 19.3 Å². The second-order valence-corrected chi connectivity index (χ2v) is 3.40. The summed E-state index contributed by atoms with van der Waals surface area (Å²) in [7, 11) is 1.77. The Kier molecular flexibility index (Phi) is 2.35. The number of aromatic amines is 1. The van der Waals surface area contributed by atoms with E-state index in [1.807, 2.05) is 0 Å². The van der Waals surface area contributed by atoms with Crippen molar-refractivity contribution in [2.24, 2.45) is 7.05 Å². The minimum absolute atomic E-state index is 0.134. The molecule has 0 spiro atoms. The monoisotopic (exact) mass is 221 g/mol. The van der Waals surface area contributed by atoms with Crippen molar-refractivity contribution in [2.45, 2.75) is 6.54 Å². The summed E-state index contributed by atoms with van der Waals surface area (Å²) in [6, 6.07) is 2.95. The van der Waals surface area contributed by atoms with Crippen molar-refractivity contribution >= 4 is 5.82 Å². The Balaban J connectivity index is 2.47. The molecule has 7 heteroatoms. The predicted molar refractivity (Wildman–Crippen MR) is 58.0 cm³/mol. The van der Waals surface area contributed by atoms with Gasteiger partial charge in [-0.25, -0.2) is 4.79 Å². The topological polar surface area (TPSA) is 98.7 Å². The zero-order chi connectivity index (χ0) is 11.7. The zero-order valence-corrected chi connectivity index (χ0v) is 8.67. The van der Waals surface area contributed by atoms with Crippen molar-refractivity contribution in [1.29, 1.82) is 0 Å². The highest BCUT2D eigenvalue weighted by Crippen LogP contribution is 2.01.